The van der Waals surface area contributed by atoms with Gasteiger partial charge in [0.05, 0.1) is 10.5 Å². The molecule has 1 N–H and O–H groups in total. The van der Waals surface area contributed by atoms with Crippen molar-refractivity contribution in [1.29, 1.82) is 0 Å². The first-order valence-electron chi connectivity index (χ1n) is 7.29. The van der Waals surface area contributed by atoms with Gasteiger partial charge in [-0.05, 0) is 44.3 Å². The topological polar surface area (TPSA) is 89.5 Å². The molecule has 0 heterocycles. The van der Waals surface area contributed by atoms with Crippen LogP contribution < -0.4 is 4.72 Å². The zero-order chi connectivity index (χ0) is 18.6. The number of sulfonamides is 1. The van der Waals surface area contributed by atoms with E-state index in [1.807, 2.05) is 0 Å². The largest absolute Gasteiger partial charge is 0.451 e. The van der Waals surface area contributed by atoms with Crippen molar-refractivity contribution in [3.05, 3.63) is 64.1 Å². The summed E-state index contributed by atoms with van der Waals surface area (Å²) >= 11 is 3.28. The highest BCUT2D eigenvalue weighted by Crippen LogP contribution is 2.16. The first kappa shape index (κ1) is 19.3. The van der Waals surface area contributed by atoms with Gasteiger partial charge in [0.2, 0.25) is 15.8 Å². The molecule has 0 aromatic heterocycles. The van der Waals surface area contributed by atoms with E-state index in [0.717, 1.165) is 4.47 Å². The lowest BCUT2D eigenvalue weighted by molar-refractivity contribution is 0.0318. The summed E-state index contributed by atoms with van der Waals surface area (Å²) in [6, 6.07) is 12.1. The molecule has 0 bridgehead atoms. The van der Waals surface area contributed by atoms with E-state index in [4.69, 9.17) is 4.74 Å². The zero-order valence-electron chi connectivity index (χ0n) is 13.5. The van der Waals surface area contributed by atoms with E-state index in [2.05, 4.69) is 20.7 Å². The smallest absolute Gasteiger partial charge is 0.338 e. The van der Waals surface area contributed by atoms with E-state index in [0.29, 0.717) is 5.56 Å². The molecule has 8 heteroatoms. The second kappa shape index (κ2) is 7.90. The highest BCUT2D eigenvalue weighted by molar-refractivity contribution is 9.10. The van der Waals surface area contributed by atoms with Crippen LogP contribution in [0.5, 0.6) is 0 Å². The predicted octanol–water partition coefficient (Wildman–Crippen LogP) is 2.79. The van der Waals surface area contributed by atoms with Crippen molar-refractivity contribution in [2.75, 3.05) is 7.05 Å². The Morgan fingerprint density at radius 1 is 1.08 bits per heavy atom. The van der Waals surface area contributed by atoms with Crippen LogP contribution in [-0.4, -0.2) is 33.3 Å². The molecule has 0 aliphatic rings. The Kier molecular flexibility index (Phi) is 6.10. The van der Waals surface area contributed by atoms with Crippen molar-refractivity contribution >= 4 is 37.7 Å². The summed E-state index contributed by atoms with van der Waals surface area (Å²) < 4.78 is 31.8. The number of carbonyl (C=O) groups is 2. The Balaban J connectivity index is 2.15. The standard InChI is InChI=1S/C17H16BrNO5S/c1-11(16(20)12-6-8-14(18)9-7-12)24-17(21)13-4-3-5-15(10-13)25(22,23)19-2/h3-11,19H,1-2H3. The third-order valence-corrected chi connectivity index (χ3v) is 5.37. The van der Waals surface area contributed by atoms with Gasteiger partial charge in [0.1, 0.15) is 0 Å². The minimum Gasteiger partial charge on any atom is -0.451 e. The molecule has 1 atom stereocenters. The summed E-state index contributed by atoms with van der Waals surface area (Å²) in [5, 5.41) is 0. The molecule has 0 fully saturated rings. The fourth-order valence-electron chi connectivity index (χ4n) is 2.04. The minimum absolute atomic E-state index is 0.0479. The maximum Gasteiger partial charge on any atom is 0.338 e. The molecule has 25 heavy (non-hydrogen) atoms. The van der Waals surface area contributed by atoms with Crippen LogP contribution in [-0.2, 0) is 14.8 Å². The molecule has 1 unspecified atom stereocenters. The number of rotatable bonds is 6. The van der Waals surface area contributed by atoms with Crippen LogP contribution in [0.25, 0.3) is 0 Å². The van der Waals surface area contributed by atoms with Crippen LogP contribution in [0, 0.1) is 0 Å². The fraction of sp³-hybridized carbons (Fsp3) is 0.176. The second-order valence-corrected chi connectivity index (χ2v) is 7.96. The third-order valence-electron chi connectivity index (χ3n) is 3.43. The van der Waals surface area contributed by atoms with Crippen molar-refractivity contribution in [2.24, 2.45) is 0 Å². The average molecular weight is 426 g/mol. The summed E-state index contributed by atoms with van der Waals surface area (Å²) in [5.41, 5.74) is 0.460. The SMILES string of the molecule is CNS(=O)(=O)c1cccc(C(=O)OC(C)C(=O)c2ccc(Br)cc2)c1. The number of ether oxygens (including phenoxy) is 1. The normalized spacial score (nSPS) is 12.4. The number of nitrogens with one attached hydrogen (secondary N) is 1. The summed E-state index contributed by atoms with van der Waals surface area (Å²) in [5.74, 6) is -1.12. The number of benzene rings is 2. The Bertz CT molecular complexity index is 894. The van der Waals surface area contributed by atoms with E-state index in [-0.39, 0.29) is 16.2 Å². The van der Waals surface area contributed by atoms with Gasteiger partial charge >= 0.3 is 5.97 Å². The van der Waals surface area contributed by atoms with Gasteiger partial charge in [-0.25, -0.2) is 17.9 Å². The number of carbonyl (C=O) groups excluding carboxylic acids is 2. The summed E-state index contributed by atoms with van der Waals surface area (Å²) in [4.78, 5) is 24.5. The Hall–Kier alpha value is -2.03. The van der Waals surface area contributed by atoms with Crippen molar-refractivity contribution in [3.63, 3.8) is 0 Å². The average Bonchev–Trinajstić information content (AvgIpc) is 2.61. The number of esters is 1. The maximum atomic E-state index is 12.3. The first-order valence-corrected chi connectivity index (χ1v) is 9.56. The van der Waals surface area contributed by atoms with Crippen LogP contribution in [0.15, 0.2) is 57.9 Å². The molecule has 0 amide bonds. The lowest BCUT2D eigenvalue weighted by Gasteiger charge is -2.13. The van der Waals surface area contributed by atoms with E-state index < -0.39 is 22.1 Å². The van der Waals surface area contributed by atoms with E-state index >= 15 is 0 Å². The van der Waals surface area contributed by atoms with Crippen LogP contribution in [0.4, 0.5) is 0 Å². The molecule has 2 aromatic carbocycles. The third kappa shape index (κ3) is 4.75. The van der Waals surface area contributed by atoms with Crippen LogP contribution >= 0.6 is 15.9 Å². The number of hydrogen-bond acceptors (Lipinski definition) is 5. The molecule has 0 saturated carbocycles. The molecule has 2 rings (SSSR count). The van der Waals surface area contributed by atoms with Gasteiger partial charge in [-0.3, -0.25) is 4.79 Å². The number of ketones is 1. The van der Waals surface area contributed by atoms with Gasteiger partial charge in [-0.2, -0.15) is 0 Å². The quantitative estimate of drug-likeness (QED) is 0.567. The molecule has 0 saturated heterocycles. The zero-order valence-corrected chi connectivity index (χ0v) is 15.9. The number of hydrogen-bond donors (Lipinski definition) is 1. The van der Waals surface area contributed by atoms with Gasteiger partial charge in [-0.1, -0.05) is 34.1 Å². The van der Waals surface area contributed by atoms with Crippen molar-refractivity contribution in [1.82, 2.24) is 4.72 Å². The molecule has 2 aromatic rings. The van der Waals surface area contributed by atoms with Gasteiger partial charge < -0.3 is 4.74 Å². The Morgan fingerprint density at radius 3 is 2.32 bits per heavy atom. The molecule has 6 nitrogen and oxygen atoms in total. The van der Waals surface area contributed by atoms with Crippen LogP contribution in [0.2, 0.25) is 0 Å². The predicted molar refractivity (Wildman–Crippen MR) is 96.0 cm³/mol. The molecule has 132 valence electrons. The van der Waals surface area contributed by atoms with Gasteiger partial charge in [-0.15, -0.1) is 0 Å². The number of halogens is 1. The van der Waals surface area contributed by atoms with Crippen molar-refractivity contribution in [2.45, 2.75) is 17.9 Å². The van der Waals surface area contributed by atoms with E-state index in [1.54, 1.807) is 24.3 Å². The summed E-state index contributed by atoms with van der Waals surface area (Å²) in [6.45, 7) is 1.47. The lowest BCUT2D eigenvalue weighted by atomic mass is 10.1. The minimum atomic E-state index is -3.68. The fourth-order valence-corrected chi connectivity index (χ4v) is 3.08. The first-order chi connectivity index (χ1) is 11.7. The van der Waals surface area contributed by atoms with Gasteiger partial charge in [0.15, 0.2) is 6.10 Å². The maximum absolute atomic E-state index is 12.3. The highest BCUT2D eigenvalue weighted by Gasteiger charge is 2.21. The number of Topliss-reactive ketones (excluding diaryl/α,β-unsaturated/α-hetero) is 1. The van der Waals surface area contributed by atoms with Crippen LogP contribution in [0.1, 0.15) is 27.6 Å². The monoisotopic (exact) mass is 425 g/mol. The van der Waals surface area contributed by atoms with E-state index in [1.165, 1.54) is 38.2 Å². The molecular formula is C17H16BrNO5S. The molecule has 0 radical (unpaired) electrons. The molecular weight excluding hydrogens is 410 g/mol. The summed E-state index contributed by atoms with van der Waals surface area (Å²) in [6.07, 6.45) is -1.00. The van der Waals surface area contributed by atoms with E-state index in [9.17, 15) is 18.0 Å². The van der Waals surface area contributed by atoms with Gasteiger partial charge in [0.25, 0.3) is 0 Å². The van der Waals surface area contributed by atoms with Crippen molar-refractivity contribution in [3.8, 4) is 0 Å². The highest BCUT2D eigenvalue weighted by atomic mass is 79.9. The summed E-state index contributed by atoms with van der Waals surface area (Å²) in [7, 11) is -2.40. The van der Waals surface area contributed by atoms with Crippen LogP contribution in [0.3, 0.4) is 0 Å². The van der Waals surface area contributed by atoms with Gasteiger partial charge in [0, 0.05) is 10.0 Å². The second-order valence-electron chi connectivity index (χ2n) is 5.15. The van der Waals surface area contributed by atoms with Crippen molar-refractivity contribution < 1.29 is 22.7 Å². The Morgan fingerprint density at radius 2 is 1.72 bits per heavy atom. The lowest BCUT2D eigenvalue weighted by Crippen LogP contribution is -2.25. The molecule has 0 spiro atoms. The molecule has 0 aliphatic heterocycles. The Labute approximate surface area is 154 Å². The molecule has 0 aliphatic carbocycles.